The van der Waals surface area contributed by atoms with Crippen LogP contribution in [0.25, 0.3) is 21.9 Å². The van der Waals surface area contributed by atoms with Crippen LogP contribution in [-0.4, -0.2) is 42.8 Å². The lowest BCUT2D eigenvalue weighted by atomic mass is 9.77. The second kappa shape index (κ2) is 13.2. The molecule has 9 heteroatoms. The largest absolute Gasteiger partial charge is 0.399 e. The zero-order chi connectivity index (χ0) is 40.3. The molecule has 4 aromatic rings. The molecule has 3 saturated heterocycles. The highest BCUT2D eigenvalue weighted by molar-refractivity contribution is 7.31. The van der Waals surface area contributed by atoms with E-state index in [4.69, 9.17) is 36.6 Å². The van der Waals surface area contributed by atoms with E-state index < -0.39 is 50.0 Å². The van der Waals surface area contributed by atoms with Gasteiger partial charge in [-0.05, 0) is 78.2 Å². The molecule has 0 bridgehead atoms. The van der Waals surface area contributed by atoms with Gasteiger partial charge in [-0.1, -0.05) is 126 Å². The van der Waals surface area contributed by atoms with Gasteiger partial charge in [0, 0.05) is 21.9 Å². The molecular weight excluding hydrogens is 711 g/mol. The first kappa shape index (κ1) is 40.5. The lowest BCUT2D eigenvalue weighted by molar-refractivity contribution is -0.242. The van der Waals surface area contributed by atoms with E-state index in [9.17, 15) is 0 Å². The second-order valence-corrected chi connectivity index (χ2v) is 21.8. The van der Waals surface area contributed by atoms with Crippen molar-refractivity contribution in [2.24, 2.45) is 0 Å². The van der Waals surface area contributed by atoms with E-state index in [1.807, 2.05) is 45.9 Å². The summed E-state index contributed by atoms with van der Waals surface area (Å²) in [6.45, 7) is 35.0. The van der Waals surface area contributed by atoms with Crippen LogP contribution in [-0.2, 0) is 50.9 Å². The van der Waals surface area contributed by atoms with Crippen LogP contribution in [0.1, 0.15) is 139 Å². The van der Waals surface area contributed by atoms with Gasteiger partial charge in [0.1, 0.15) is 29.5 Å². The summed E-state index contributed by atoms with van der Waals surface area (Å²) in [6.07, 6.45) is -2.63. The molecule has 0 radical (unpaired) electrons. The number of benzene rings is 3. The summed E-state index contributed by atoms with van der Waals surface area (Å²) in [5, 5.41) is 2.00. The molecule has 8 nitrogen and oxygen atoms in total. The van der Waals surface area contributed by atoms with Crippen molar-refractivity contribution in [3.8, 4) is 0 Å². The zero-order valence-corrected chi connectivity index (χ0v) is 36.8. The molecule has 5 atom stereocenters. The van der Waals surface area contributed by atoms with Gasteiger partial charge in [-0.3, -0.25) is 4.52 Å². The Morgan fingerprint density at radius 3 is 1.55 bits per heavy atom. The van der Waals surface area contributed by atoms with Gasteiger partial charge in [0.05, 0.1) is 6.61 Å². The molecule has 0 N–H and O–H groups in total. The Kier molecular flexibility index (Phi) is 9.70. The molecule has 3 aliphatic rings. The third-order valence-electron chi connectivity index (χ3n) is 11.2. The molecule has 3 fully saturated rings. The summed E-state index contributed by atoms with van der Waals surface area (Å²) in [5.41, 5.74) is 4.90. The van der Waals surface area contributed by atoms with Crippen molar-refractivity contribution in [1.82, 2.24) is 0 Å². The SMILES string of the molecule is CC1(C)OC[C@H]([C@H]2O[C@@H]3OC(C)(C)O[C@@H]3[C@@]2(Op2oc3c(C(C)(C)C)cc(C(C)(C)C)cc3c3cc(C(C)(C)C)cc(C(C)(C)C)c3o2)c2ccccc2)O1. The number of fused-ring (bicyclic) bond motifs is 4. The molecule has 0 aliphatic carbocycles. The standard InChI is InChI=1S/C46H63O8P/c1-40(2,3)28-22-30-31-23-29(41(4,5)6)25-33(43(10,11)12)36(31)53-55(52-35(30)32(24-28)42(7,8)9)54-46(27-20-18-17-19-21-27)37(34-26-47-44(13,14)49-34)48-39-38(46)50-45(15,16)51-39/h17-25,34,37-39H,26H2,1-16H3/t34-,37-,38+,39-,46-/m1/s1. The predicted octanol–water partition coefficient (Wildman–Crippen LogP) is 11.8. The van der Waals surface area contributed by atoms with Crippen molar-refractivity contribution >= 4 is 30.2 Å². The van der Waals surface area contributed by atoms with Crippen LogP contribution in [0.4, 0.5) is 0 Å². The smallest absolute Gasteiger partial charge is 0.388 e. The molecule has 4 heterocycles. The minimum Gasteiger partial charge on any atom is -0.399 e. The lowest BCUT2D eigenvalue weighted by Gasteiger charge is -2.38. The summed E-state index contributed by atoms with van der Waals surface area (Å²) >= 11 is 0. The van der Waals surface area contributed by atoms with E-state index >= 15 is 0 Å². The van der Waals surface area contributed by atoms with Crippen molar-refractivity contribution in [2.75, 3.05) is 6.61 Å². The van der Waals surface area contributed by atoms with Gasteiger partial charge >= 0.3 is 8.24 Å². The molecule has 1 aromatic heterocycles. The van der Waals surface area contributed by atoms with Gasteiger partial charge in [-0.25, -0.2) is 0 Å². The third-order valence-corrected chi connectivity index (χ3v) is 12.3. The van der Waals surface area contributed by atoms with E-state index in [0.717, 1.165) is 38.6 Å². The van der Waals surface area contributed by atoms with Crippen LogP contribution in [0, 0.1) is 0 Å². The number of hydrogen-bond acceptors (Lipinski definition) is 8. The van der Waals surface area contributed by atoms with Gasteiger partial charge in [0.2, 0.25) is 0 Å². The third kappa shape index (κ3) is 7.46. The van der Waals surface area contributed by atoms with Crippen LogP contribution in [0.5, 0.6) is 0 Å². The summed E-state index contributed by atoms with van der Waals surface area (Å²) < 4.78 is 55.0. The average Bonchev–Trinajstić information content (AvgIpc) is 3.62. The number of ether oxygens (including phenoxy) is 5. The maximum absolute atomic E-state index is 7.61. The molecular formula is C46H63O8P. The Morgan fingerprint density at radius 1 is 0.600 bits per heavy atom. The van der Waals surface area contributed by atoms with E-state index in [-0.39, 0.29) is 21.7 Å². The molecule has 3 aliphatic heterocycles. The van der Waals surface area contributed by atoms with E-state index in [1.54, 1.807) is 0 Å². The Labute approximate surface area is 329 Å². The van der Waals surface area contributed by atoms with Crippen LogP contribution in [0.3, 0.4) is 0 Å². The monoisotopic (exact) mass is 774 g/mol. The van der Waals surface area contributed by atoms with Gasteiger partial charge in [-0.15, -0.1) is 0 Å². The Bertz CT molecular complexity index is 2030. The van der Waals surface area contributed by atoms with Gasteiger partial charge in [-0.2, -0.15) is 0 Å². The van der Waals surface area contributed by atoms with Crippen LogP contribution < -0.4 is 4.52 Å². The summed E-state index contributed by atoms with van der Waals surface area (Å²) in [5.74, 6) is -1.74. The van der Waals surface area contributed by atoms with Crippen molar-refractivity contribution in [3.05, 3.63) is 82.4 Å². The topological polar surface area (TPSA) is 81.7 Å². The van der Waals surface area contributed by atoms with Crippen LogP contribution >= 0.6 is 8.24 Å². The maximum atomic E-state index is 7.61. The normalized spacial score (nSPS) is 26.9. The van der Waals surface area contributed by atoms with E-state index in [0.29, 0.717) is 6.61 Å². The Balaban J connectivity index is 1.62. The maximum Gasteiger partial charge on any atom is 0.388 e. The first-order chi connectivity index (χ1) is 25.2. The molecule has 55 heavy (non-hydrogen) atoms. The Morgan fingerprint density at radius 2 is 1.11 bits per heavy atom. The molecule has 3 aromatic carbocycles. The molecule has 7 rings (SSSR count). The highest BCUT2D eigenvalue weighted by Crippen LogP contribution is 2.55. The number of hydrogen-bond donors (Lipinski definition) is 0. The highest BCUT2D eigenvalue weighted by Gasteiger charge is 2.69. The molecule has 0 spiro atoms. The Hall–Kier alpha value is -2.68. The number of rotatable bonds is 4. The van der Waals surface area contributed by atoms with Gasteiger partial charge < -0.3 is 32.1 Å². The van der Waals surface area contributed by atoms with Crippen molar-refractivity contribution in [2.45, 2.75) is 174 Å². The molecule has 0 amide bonds. The minimum atomic E-state index is -2.19. The van der Waals surface area contributed by atoms with Crippen LogP contribution in [0.2, 0.25) is 0 Å². The van der Waals surface area contributed by atoms with Crippen molar-refractivity contribution in [1.29, 1.82) is 0 Å². The summed E-state index contributed by atoms with van der Waals surface area (Å²) in [6, 6.07) is 19.3. The molecule has 0 unspecified atom stereocenters. The quantitative estimate of drug-likeness (QED) is 0.203. The van der Waals surface area contributed by atoms with E-state index in [2.05, 4.69) is 119 Å². The zero-order valence-electron chi connectivity index (χ0n) is 35.9. The lowest BCUT2D eigenvalue weighted by Crippen LogP contribution is -2.55. The van der Waals surface area contributed by atoms with Crippen LogP contribution in [0.15, 0.2) is 63.0 Å². The van der Waals surface area contributed by atoms with E-state index in [1.165, 1.54) is 11.1 Å². The van der Waals surface area contributed by atoms with Gasteiger partial charge in [0.15, 0.2) is 23.5 Å². The van der Waals surface area contributed by atoms with Crippen molar-refractivity contribution in [3.63, 3.8) is 0 Å². The van der Waals surface area contributed by atoms with Gasteiger partial charge in [0.25, 0.3) is 0 Å². The fourth-order valence-corrected chi connectivity index (χ4v) is 9.47. The molecule has 0 saturated carbocycles. The first-order valence-corrected chi connectivity index (χ1v) is 20.9. The second-order valence-electron chi connectivity index (χ2n) is 20.8. The molecule has 300 valence electrons. The highest BCUT2D eigenvalue weighted by atomic mass is 31.1. The predicted molar refractivity (Wildman–Crippen MR) is 219 cm³/mol. The average molecular weight is 775 g/mol. The fourth-order valence-electron chi connectivity index (χ4n) is 8.10. The minimum absolute atomic E-state index is 0.122. The summed E-state index contributed by atoms with van der Waals surface area (Å²) in [7, 11) is -2.19. The van der Waals surface area contributed by atoms with Crippen molar-refractivity contribution < 1.29 is 36.6 Å². The first-order valence-electron chi connectivity index (χ1n) is 19.8. The summed E-state index contributed by atoms with van der Waals surface area (Å²) in [4.78, 5) is 0. The fraction of sp³-hybridized carbons (Fsp3) is 0.609.